The lowest BCUT2D eigenvalue weighted by atomic mass is 10.2. The van der Waals surface area contributed by atoms with Gasteiger partial charge in [0.05, 0.1) is 19.6 Å². The van der Waals surface area contributed by atoms with Gasteiger partial charge in [-0.3, -0.25) is 4.48 Å². The van der Waals surface area contributed by atoms with Crippen molar-refractivity contribution in [3.8, 4) is 0 Å². The first-order chi connectivity index (χ1) is 6.87. The quantitative estimate of drug-likeness (QED) is 0.673. The molecule has 0 unspecified atom stereocenters. The molecule has 0 saturated carbocycles. The van der Waals surface area contributed by atoms with Gasteiger partial charge in [0.1, 0.15) is 5.69 Å². The second-order valence-corrected chi connectivity index (χ2v) is 5.08. The summed E-state index contributed by atoms with van der Waals surface area (Å²) in [5.41, 5.74) is 1.50. The van der Waals surface area contributed by atoms with Crippen LogP contribution in [-0.2, 0) is 0 Å². The molecule has 0 aromatic heterocycles. The van der Waals surface area contributed by atoms with Gasteiger partial charge in [-0.25, -0.2) is 0 Å². The summed E-state index contributed by atoms with van der Waals surface area (Å²) >= 11 is 2.09. The second kappa shape index (κ2) is 4.37. The molecule has 1 saturated heterocycles. The molecular formula is C12H18NS+. The predicted molar refractivity (Wildman–Crippen MR) is 65.8 cm³/mol. The highest BCUT2D eigenvalue weighted by Crippen LogP contribution is 2.27. The Kier molecular flexibility index (Phi) is 3.14. The second-order valence-electron chi connectivity index (χ2n) is 3.86. The number of thioether (sulfide) groups is 1. The Morgan fingerprint density at radius 2 is 1.79 bits per heavy atom. The molecule has 2 heteroatoms. The minimum Gasteiger partial charge on any atom is -0.290 e. The first-order valence-electron chi connectivity index (χ1n) is 5.37. The van der Waals surface area contributed by atoms with Gasteiger partial charge < -0.3 is 0 Å². The third kappa shape index (κ3) is 1.82. The molecule has 1 aliphatic heterocycles. The third-order valence-electron chi connectivity index (χ3n) is 3.24. The van der Waals surface area contributed by atoms with E-state index in [0.29, 0.717) is 0 Å². The van der Waals surface area contributed by atoms with E-state index < -0.39 is 0 Å². The van der Waals surface area contributed by atoms with Gasteiger partial charge in [-0.05, 0) is 19.1 Å². The van der Waals surface area contributed by atoms with Gasteiger partial charge in [-0.1, -0.05) is 18.2 Å². The molecule has 1 heterocycles. The summed E-state index contributed by atoms with van der Waals surface area (Å²) in [5, 5.41) is 0. The number of para-hydroxylation sites is 1. The van der Waals surface area contributed by atoms with E-state index in [2.05, 4.69) is 49.0 Å². The minimum absolute atomic E-state index is 1.19. The van der Waals surface area contributed by atoms with E-state index >= 15 is 0 Å². The normalized spacial score (nSPS) is 20.6. The van der Waals surface area contributed by atoms with E-state index in [9.17, 15) is 0 Å². The highest BCUT2D eigenvalue weighted by atomic mass is 32.2. The van der Waals surface area contributed by atoms with Crippen LogP contribution in [0.3, 0.4) is 0 Å². The Morgan fingerprint density at radius 1 is 1.14 bits per heavy atom. The van der Waals surface area contributed by atoms with Crippen LogP contribution in [0.4, 0.5) is 5.69 Å². The van der Waals surface area contributed by atoms with Gasteiger partial charge in [-0.2, -0.15) is 11.8 Å². The highest BCUT2D eigenvalue weighted by molar-refractivity contribution is 7.99. The maximum Gasteiger partial charge on any atom is 0.132 e. The van der Waals surface area contributed by atoms with Crippen LogP contribution >= 0.6 is 11.8 Å². The van der Waals surface area contributed by atoms with Gasteiger partial charge in [0, 0.05) is 11.5 Å². The molecule has 1 aromatic carbocycles. The Morgan fingerprint density at radius 3 is 2.36 bits per heavy atom. The van der Waals surface area contributed by atoms with Crippen LogP contribution in [0.15, 0.2) is 30.3 Å². The fraction of sp³-hybridized carbons (Fsp3) is 0.500. The van der Waals surface area contributed by atoms with Crippen molar-refractivity contribution in [1.82, 2.24) is 4.48 Å². The van der Waals surface area contributed by atoms with E-state index in [0.717, 1.165) is 0 Å². The SMILES string of the molecule is CC[N+]1(c2ccccc2)CCSCC1. The van der Waals surface area contributed by atoms with Crippen LogP contribution in [0.1, 0.15) is 6.92 Å². The number of quaternary nitrogens is 1. The number of nitrogens with zero attached hydrogens (tertiary/aromatic N) is 1. The fourth-order valence-corrected chi connectivity index (χ4v) is 3.35. The molecule has 14 heavy (non-hydrogen) atoms. The van der Waals surface area contributed by atoms with E-state index in [1.807, 2.05) is 0 Å². The van der Waals surface area contributed by atoms with Gasteiger partial charge >= 0.3 is 0 Å². The van der Waals surface area contributed by atoms with Crippen molar-refractivity contribution in [3.63, 3.8) is 0 Å². The summed E-state index contributed by atoms with van der Waals surface area (Å²) in [6, 6.07) is 11.0. The van der Waals surface area contributed by atoms with Gasteiger partial charge in [0.25, 0.3) is 0 Å². The van der Waals surface area contributed by atoms with E-state index in [1.54, 1.807) is 0 Å². The predicted octanol–water partition coefficient (Wildman–Crippen LogP) is 2.76. The Balaban J connectivity index is 2.27. The van der Waals surface area contributed by atoms with Crippen molar-refractivity contribution < 1.29 is 0 Å². The Hall–Kier alpha value is -0.470. The zero-order valence-electron chi connectivity index (χ0n) is 8.78. The molecule has 0 radical (unpaired) electrons. The van der Waals surface area contributed by atoms with Crippen molar-refractivity contribution in [2.45, 2.75) is 6.92 Å². The summed E-state index contributed by atoms with van der Waals surface area (Å²) in [4.78, 5) is 0. The average Bonchev–Trinajstić information content (AvgIpc) is 2.31. The minimum atomic E-state index is 1.19. The van der Waals surface area contributed by atoms with E-state index in [1.165, 1.54) is 41.3 Å². The van der Waals surface area contributed by atoms with Crippen LogP contribution < -0.4 is 4.48 Å². The largest absolute Gasteiger partial charge is 0.290 e. The molecule has 0 spiro atoms. The molecular weight excluding hydrogens is 190 g/mol. The van der Waals surface area contributed by atoms with Crippen LogP contribution in [0.5, 0.6) is 0 Å². The van der Waals surface area contributed by atoms with Crippen molar-refractivity contribution in [1.29, 1.82) is 0 Å². The molecule has 1 nitrogen and oxygen atoms in total. The van der Waals surface area contributed by atoms with E-state index in [4.69, 9.17) is 0 Å². The number of hydrogen-bond donors (Lipinski definition) is 0. The molecule has 1 fully saturated rings. The maximum absolute atomic E-state index is 2.31. The van der Waals surface area contributed by atoms with Crippen LogP contribution in [0, 0.1) is 0 Å². The Labute approximate surface area is 90.7 Å². The summed E-state index contributed by atoms with van der Waals surface area (Å²) < 4.78 is 1.19. The summed E-state index contributed by atoms with van der Waals surface area (Å²) in [7, 11) is 0. The van der Waals surface area contributed by atoms with Crippen molar-refractivity contribution >= 4 is 17.4 Å². The van der Waals surface area contributed by atoms with Gasteiger partial charge in [0.2, 0.25) is 0 Å². The maximum atomic E-state index is 2.31. The monoisotopic (exact) mass is 208 g/mol. The van der Waals surface area contributed by atoms with Gasteiger partial charge in [-0.15, -0.1) is 0 Å². The third-order valence-corrected chi connectivity index (χ3v) is 4.18. The highest BCUT2D eigenvalue weighted by Gasteiger charge is 2.30. The lowest BCUT2D eigenvalue weighted by molar-refractivity contribution is 0.314. The lowest BCUT2D eigenvalue weighted by Gasteiger charge is -2.39. The number of rotatable bonds is 2. The van der Waals surface area contributed by atoms with E-state index in [-0.39, 0.29) is 0 Å². The average molecular weight is 208 g/mol. The summed E-state index contributed by atoms with van der Waals surface area (Å²) in [6.45, 7) is 6.13. The zero-order valence-corrected chi connectivity index (χ0v) is 9.59. The fourth-order valence-electron chi connectivity index (χ4n) is 2.19. The molecule has 0 amide bonds. The van der Waals surface area contributed by atoms with Crippen molar-refractivity contribution in [3.05, 3.63) is 30.3 Å². The van der Waals surface area contributed by atoms with Crippen LogP contribution in [-0.4, -0.2) is 31.1 Å². The Bertz CT molecular complexity index is 278. The molecule has 1 aliphatic rings. The molecule has 1 aromatic rings. The first-order valence-corrected chi connectivity index (χ1v) is 6.52. The standard InChI is InChI=1S/C12H18NS/c1-2-13(8-10-14-11-9-13)12-6-4-3-5-7-12/h3-7H,2,8-11H2,1H3/q+1. The molecule has 2 rings (SSSR count). The summed E-state index contributed by atoms with van der Waals surface area (Å²) in [6.07, 6.45) is 0. The molecule has 0 N–H and O–H groups in total. The molecule has 76 valence electrons. The molecule has 0 bridgehead atoms. The number of benzene rings is 1. The van der Waals surface area contributed by atoms with Crippen molar-refractivity contribution in [2.24, 2.45) is 0 Å². The first kappa shape index (κ1) is 10.1. The van der Waals surface area contributed by atoms with Crippen molar-refractivity contribution in [2.75, 3.05) is 31.1 Å². The zero-order chi connectivity index (χ0) is 9.86. The molecule has 0 aliphatic carbocycles. The topological polar surface area (TPSA) is 0 Å². The molecule has 0 atom stereocenters. The smallest absolute Gasteiger partial charge is 0.132 e. The summed E-state index contributed by atoms with van der Waals surface area (Å²) in [5.74, 6) is 2.62. The lowest BCUT2D eigenvalue weighted by Crippen LogP contribution is -2.54. The van der Waals surface area contributed by atoms with Crippen LogP contribution in [0.2, 0.25) is 0 Å². The number of hydrogen-bond acceptors (Lipinski definition) is 1. The van der Waals surface area contributed by atoms with Crippen LogP contribution in [0.25, 0.3) is 0 Å². The van der Waals surface area contributed by atoms with Gasteiger partial charge in [0.15, 0.2) is 0 Å².